The van der Waals surface area contributed by atoms with E-state index in [4.69, 9.17) is 9.47 Å². The van der Waals surface area contributed by atoms with E-state index in [2.05, 4.69) is 31.0 Å². The van der Waals surface area contributed by atoms with Crippen LogP contribution in [0.4, 0.5) is 0 Å². The molecule has 0 aliphatic carbocycles. The monoisotopic (exact) mass is 244 g/mol. The van der Waals surface area contributed by atoms with Crippen LogP contribution in [-0.2, 0) is 9.47 Å². The summed E-state index contributed by atoms with van der Waals surface area (Å²) in [6.45, 7) is 9.62. The lowest BCUT2D eigenvalue weighted by molar-refractivity contribution is -0.00461. The zero-order valence-corrected chi connectivity index (χ0v) is 11.9. The molecule has 0 aromatic rings. The quantitative estimate of drug-likeness (QED) is 0.727. The minimum Gasteiger partial charge on any atom is -0.377 e. The highest BCUT2D eigenvalue weighted by atomic mass is 16.5. The molecule has 0 saturated carbocycles. The molecule has 4 nitrogen and oxygen atoms in total. The summed E-state index contributed by atoms with van der Waals surface area (Å²) in [6, 6.07) is 1.12. The highest BCUT2D eigenvalue weighted by Crippen LogP contribution is 2.19. The SMILES string of the molecule is CCC(CNC(C)C)N1CC(OC)C(OC)C1. The largest absolute Gasteiger partial charge is 0.377 e. The lowest BCUT2D eigenvalue weighted by Crippen LogP contribution is -2.43. The maximum Gasteiger partial charge on any atom is 0.0971 e. The molecule has 1 aliphatic heterocycles. The predicted molar refractivity (Wildman–Crippen MR) is 70.4 cm³/mol. The minimum atomic E-state index is 0.216. The summed E-state index contributed by atoms with van der Waals surface area (Å²) in [7, 11) is 3.54. The zero-order valence-electron chi connectivity index (χ0n) is 11.9. The molecular formula is C13H28N2O2. The van der Waals surface area contributed by atoms with Crippen molar-refractivity contribution in [1.82, 2.24) is 10.2 Å². The summed E-state index contributed by atoms with van der Waals surface area (Å²) in [4.78, 5) is 2.48. The summed E-state index contributed by atoms with van der Waals surface area (Å²) in [5.41, 5.74) is 0. The smallest absolute Gasteiger partial charge is 0.0971 e. The van der Waals surface area contributed by atoms with Crippen molar-refractivity contribution in [2.24, 2.45) is 0 Å². The van der Waals surface area contributed by atoms with Crippen molar-refractivity contribution in [3.8, 4) is 0 Å². The first-order valence-corrected chi connectivity index (χ1v) is 6.65. The van der Waals surface area contributed by atoms with E-state index in [1.807, 2.05) is 0 Å². The van der Waals surface area contributed by atoms with Crippen LogP contribution in [0.1, 0.15) is 27.2 Å². The molecule has 0 radical (unpaired) electrons. The Labute approximate surface area is 106 Å². The van der Waals surface area contributed by atoms with Crippen LogP contribution in [0.15, 0.2) is 0 Å². The topological polar surface area (TPSA) is 33.7 Å². The van der Waals surface area contributed by atoms with Gasteiger partial charge in [-0.1, -0.05) is 20.8 Å². The second-order valence-corrected chi connectivity index (χ2v) is 5.13. The van der Waals surface area contributed by atoms with Crippen LogP contribution in [0.5, 0.6) is 0 Å². The van der Waals surface area contributed by atoms with Gasteiger partial charge in [0.25, 0.3) is 0 Å². The van der Waals surface area contributed by atoms with E-state index in [-0.39, 0.29) is 12.2 Å². The van der Waals surface area contributed by atoms with Crippen LogP contribution in [0, 0.1) is 0 Å². The predicted octanol–water partition coefficient (Wildman–Crippen LogP) is 1.11. The van der Waals surface area contributed by atoms with Crippen LogP contribution >= 0.6 is 0 Å². The molecule has 1 heterocycles. The maximum atomic E-state index is 5.48. The standard InChI is InChI=1S/C13H28N2O2/c1-6-11(7-14-10(2)3)15-8-12(16-4)13(9-15)17-5/h10-14H,6-9H2,1-5H3. The van der Waals surface area contributed by atoms with E-state index in [9.17, 15) is 0 Å². The van der Waals surface area contributed by atoms with E-state index in [0.717, 1.165) is 26.1 Å². The van der Waals surface area contributed by atoms with Gasteiger partial charge in [-0.15, -0.1) is 0 Å². The first-order chi connectivity index (χ1) is 8.12. The molecule has 1 N–H and O–H groups in total. The molecule has 1 rings (SSSR count). The van der Waals surface area contributed by atoms with Gasteiger partial charge in [0.15, 0.2) is 0 Å². The van der Waals surface area contributed by atoms with Crippen molar-refractivity contribution in [3.63, 3.8) is 0 Å². The van der Waals surface area contributed by atoms with Crippen LogP contribution in [0.25, 0.3) is 0 Å². The van der Waals surface area contributed by atoms with Crippen molar-refractivity contribution >= 4 is 0 Å². The first kappa shape index (κ1) is 14.9. The summed E-state index contributed by atoms with van der Waals surface area (Å²) >= 11 is 0. The number of likely N-dealkylation sites (tertiary alicyclic amines) is 1. The van der Waals surface area contributed by atoms with Gasteiger partial charge in [0.1, 0.15) is 0 Å². The molecule has 1 saturated heterocycles. The van der Waals surface area contributed by atoms with Gasteiger partial charge in [0.05, 0.1) is 12.2 Å². The Balaban J connectivity index is 2.47. The molecule has 0 aromatic carbocycles. The average Bonchev–Trinajstić information content (AvgIpc) is 2.72. The summed E-state index contributed by atoms with van der Waals surface area (Å²) in [5.74, 6) is 0. The maximum absolute atomic E-state index is 5.48. The molecule has 1 fully saturated rings. The third-order valence-electron chi connectivity index (χ3n) is 3.60. The third-order valence-corrected chi connectivity index (χ3v) is 3.60. The Bertz CT molecular complexity index is 200. The van der Waals surface area contributed by atoms with E-state index in [1.165, 1.54) is 0 Å². The number of ether oxygens (including phenoxy) is 2. The van der Waals surface area contributed by atoms with Crippen molar-refractivity contribution < 1.29 is 9.47 Å². The Morgan fingerprint density at radius 2 is 1.71 bits per heavy atom. The second-order valence-electron chi connectivity index (χ2n) is 5.13. The van der Waals surface area contributed by atoms with Crippen LogP contribution in [-0.4, -0.2) is 63.0 Å². The van der Waals surface area contributed by atoms with Gasteiger partial charge in [0, 0.05) is 45.9 Å². The second kappa shape index (κ2) is 7.31. The van der Waals surface area contributed by atoms with Crippen molar-refractivity contribution in [2.75, 3.05) is 33.9 Å². The summed E-state index contributed by atoms with van der Waals surface area (Å²) < 4.78 is 11.0. The van der Waals surface area contributed by atoms with Gasteiger partial charge in [0.2, 0.25) is 0 Å². The van der Waals surface area contributed by atoms with E-state index >= 15 is 0 Å². The van der Waals surface area contributed by atoms with Gasteiger partial charge in [-0.2, -0.15) is 0 Å². The molecule has 17 heavy (non-hydrogen) atoms. The summed E-state index contributed by atoms with van der Waals surface area (Å²) in [5, 5.41) is 3.52. The van der Waals surface area contributed by atoms with Crippen LogP contribution in [0.2, 0.25) is 0 Å². The van der Waals surface area contributed by atoms with E-state index in [1.54, 1.807) is 14.2 Å². The fourth-order valence-corrected chi connectivity index (χ4v) is 2.43. The Kier molecular flexibility index (Phi) is 6.41. The fourth-order valence-electron chi connectivity index (χ4n) is 2.43. The highest BCUT2D eigenvalue weighted by molar-refractivity contribution is 4.89. The number of hydrogen-bond acceptors (Lipinski definition) is 4. The highest BCUT2D eigenvalue weighted by Gasteiger charge is 2.35. The molecule has 102 valence electrons. The van der Waals surface area contributed by atoms with E-state index < -0.39 is 0 Å². The first-order valence-electron chi connectivity index (χ1n) is 6.65. The van der Waals surface area contributed by atoms with Gasteiger partial charge in [-0.25, -0.2) is 0 Å². The Hall–Kier alpha value is -0.160. The number of nitrogens with one attached hydrogen (secondary N) is 1. The van der Waals surface area contributed by atoms with Gasteiger partial charge in [-0.3, -0.25) is 4.90 Å². The molecule has 1 aliphatic rings. The zero-order chi connectivity index (χ0) is 12.8. The van der Waals surface area contributed by atoms with Gasteiger partial charge in [-0.05, 0) is 6.42 Å². The Morgan fingerprint density at radius 1 is 1.18 bits per heavy atom. The molecule has 0 spiro atoms. The lowest BCUT2D eigenvalue weighted by Gasteiger charge is -2.27. The van der Waals surface area contributed by atoms with E-state index in [0.29, 0.717) is 12.1 Å². The molecule has 3 atom stereocenters. The van der Waals surface area contributed by atoms with Gasteiger partial charge < -0.3 is 14.8 Å². The van der Waals surface area contributed by atoms with Crippen molar-refractivity contribution in [1.29, 1.82) is 0 Å². The Morgan fingerprint density at radius 3 is 2.06 bits per heavy atom. The third kappa shape index (κ3) is 4.21. The fraction of sp³-hybridized carbons (Fsp3) is 1.00. The molecule has 0 aromatic heterocycles. The lowest BCUT2D eigenvalue weighted by atomic mass is 10.2. The van der Waals surface area contributed by atoms with Gasteiger partial charge >= 0.3 is 0 Å². The number of nitrogens with zero attached hydrogens (tertiary/aromatic N) is 1. The normalized spacial score (nSPS) is 27.9. The van der Waals surface area contributed by atoms with Crippen molar-refractivity contribution in [2.45, 2.75) is 51.5 Å². The van der Waals surface area contributed by atoms with Crippen molar-refractivity contribution in [3.05, 3.63) is 0 Å². The molecule has 3 unspecified atom stereocenters. The molecular weight excluding hydrogens is 216 g/mol. The minimum absolute atomic E-state index is 0.216. The number of rotatable bonds is 7. The number of hydrogen-bond donors (Lipinski definition) is 1. The molecule has 0 bridgehead atoms. The molecule has 4 heteroatoms. The van der Waals surface area contributed by atoms with Crippen LogP contribution < -0.4 is 5.32 Å². The molecule has 0 amide bonds. The average molecular weight is 244 g/mol. The van der Waals surface area contributed by atoms with Crippen LogP contribution in [0.3, 0.4) is 0 Å². The number of methoxy groups -OCH3 is 2. The summed E-state index contributed by atoms with van der Waals surface area (Å²) in [6.07, 6.45) is 1.59.